The molecule has 0 amide bonds. The summed E-state index contributed by atoms with van der Waals surface area (Å²) in [7, 11) is 0. The van der Waals surface area contributed by atoms with Crippen molar-refractivity contribution in [1.29, 1.82) is 0 Å². The van der Waals surface area contributed by atoms with Gasteiger partial charge in [-0.1, -0.05) is 15.9 Å². The molecule has 1 N–H and O–H groups in total. The van der Waals surface area contributed by atoms with Crippen LogP contribution in [0.5, 0.6) is 0 Å². The monoisotopic (exact) mass is 340 g/mol. The van der Waals surface area contributed by atoms with Crippen molar-refractivity contribution < 1.29 is 19.1 Å². The van der Waals surface area contributed by atoms with Gasteiger partial charge >= 0.3 is 5.97 Å². The third kappa shape index (κ3) is 3.41. The second-order valence-electron chi connectivity index (χ2n) is 4.87. The molecule has 1 aromatic carbocycles. The van der Waals surface area contributed by atoms with Gasteiger partial charge in [0.2, 0.25) is 0 Å². The van der Waals surface area contributed by atoms with E-state index in [1.54, 1.807) is 19.9 Å². The molecule has 0 bridgehead atoms. The smallest absolute Gasteiger partial charge is 0.305 e. The Labute approximate surface area is 125 Å². The summed E-state index contributed by atoms with van der Waals surface area (Å²) in [6.45, 7) is 3.74. The number of rotatable bonds is 5. The second-order valence-corrected chi connectivity index (χ2v) is 5.79. The van der Waals surface area contributed by atoms with Crippen LogP contribution in [0.25, 0.3) is 11.0 Å². The van der Waals surface area contributed by atoms with E-state index in [1.165, 1.54) is 0 Å². The number of esters is 1. The number of carbonyl (C=O) groups excluding carboxylic acids is 1. The molecule has 4 nitrogen and oxygen atoms in total. The van der Waals surface area contributed by atoms with E-state index in [9.17, 15) is 9.90 Å². The van der Waals surface area contributed by atoms with Gasteiger partial charge in [-0.2, -0.15) is 0 Å². The van der Waals surface area contributed by atoms with Crippen LogP contribution >= 0.6 is 15.9 Å². The summed E-state index contributed by atoms with van der Waals surface area (Å²) in [4.78, 5) is 11.4. The summed E-state index contributed by atoms with van der Waals surface area (Å²) in [5.41, 5.74) is -0.488. The second kappa shape index (κ2) is 5.97. The maximum atomic E-state index is 11.4. The Morgan fingerprint density at radius 1 is 1.45 bits per heavy atom. The van der Waals surface area contributed by atoms with Gasteiger partial charge in [0.15, 0.2) is 0 Å². The van der Waals surface area contributed by atoms with Crippen molar-refractivity contribution in [2.75, 3.05) is 6.61 Å². The quantitative estimate of drug-likeness (QED) is 0.842. The van der Waals surface area contributed by atoms with E-state index >= 15 is 0 Å². The molecule has 1 atom stereocenters. The predicted octanol–water partition coefficient (Wildman–Crippen LogP) is 3.75. The van der Waals surface area contributed by atoms with Crippen molar-refractivity contribution in [3.63, 3.8) is 0 Å². The third-order valence-electron chi connectivity index (χ3n) is 3.13. The molecule has 2 rings (SSSR count). The van der Waals surface area contributed by atoms with Crippen LogP contribution in [-0.2, 0) is 15.1 Å². The van der Waals surface area contributed by atoms with Crippen LogP contribution in [0.3, 0.4) is 0 Å². The van der Waals surface area contributed by atoms with Gasteiger partial charge in [0.05, 0.1) is 6.61 Å². The Balaban J connectivity index is 2.16. The zero-order valence-corrected chi connectivity index (χ0v) is 13.1. The first-order valence-electron chi connectivity index (χ1n) is 6.50. The molecule has 0 saturated heterocycles. The van der Waals surface area contributed by atoms with Crippen molar-refractivity contribution in [2.24, 2.45) is 0 Å². The van der Waals surface area contributed by atoms with Gasteiger partial charge in [-0.25, -0.2) is 0 Å². The van der Waals surface area contributed by atoms with Crippen molar-refractivity contribution in [3.05, 3.63) is 34.5 Å². The SMILES string of the molecule is CCOC(=O)CCC(C)(O)c1cc2cc(Br)ccc2o1. The van der Waals surface area contributed by atoms with Gasteiger partial charge in [-0.3, -0.25) is 4.79 Å². The molecule has 5 heteroatoms. The van der Waals surface area contributed by atoms with Crippen LogP contribution < -0.4 is 0 Å². The summed E-state index contributed by atoms with van der Waals surface area (Å²) in [5.74, 6) is 0.140. The van der Waals surface area contributed by atoms with Crippen molar-refractivity contribution in [2.45, 2.75) is 32.3 Å². The van der Waals surface area contributed by atoms with Crippen LogP contribution in [0.1, 0.15) is 32.4 Å². The average Bonchev–Trinajstić information content (AvgIpc) is 2.80. The summed E-state index contributed by atoms with van der Waals surface area (Å²) in [6.07, 6.45) is 0.411. The molecule has 20 heavy (non-hydrogen) atoms. The normalized spacial score (nSPS) is 14.2. The summed E-state index contributed by atoms with van der Waals surface area (Å²) in [5, 5.41) is 11.4. The summed E-state index contributed by atoms with van der Waals surface area (Å²) >= 11 is 3.39. The molecule has 1 heterocycles. The number of benzene rings is 1. The van der Waals surface area contributed by atoms with Crippen molar-refractivity contribution in [3.8, 4) is 0 Å². The first-order valence-corrected chi connectivity index (χ1v) is 7.29. The zero-order valence-electron chi connectivity index (χ0n) is 11.5. The highest BCUT2D eigenvalue weighted by molar-refractivity contribution is 9.10. The van der Waals surface area contributed by atoms with E-state index < -0.39 is 5.60 Å². The first kappa shape index (κ1) is 15.1. The average molecular weight is 341 g/mol. The summed E-state index contributed by atoms with van der Waals surface area (Å²) < 4.78 is 11.5. The molecule has 1 aromatic heterocycles. The van der Waals surface area contributed by atoms with Gasteiger partial charge in [0.25, 0.3) is 0 Å². The van der Waals surface area contributed by atoms with Gasteiger partial charge < -0.3 is 14.3 Å². The van der Waals surface area contributed by atoms with E-state index in [0.29, 0.717) is 18.0 Å². The maximum absolute atomic E-state index is 11.4. The van der Waals surface area contributed by atoms with Crippen LogP contribution in [0.4, 0.5) is 0 Å². The van der Waals surface area contributed by atoms with Gasteiger partial charge in [0, 0.05) is 16.3 Å². The Kier molecular flexibility index (Phi) is 4.50. The van der Waals surface area contributed by atoms with Crippen molar-refractivity contribution in [1.82, 2.24) is 0 Å². The highest BCUT2D eigenvalue weighted by Gasteiger charge is 2.28. The number of ether oxygens (including phenoxy) is 1. The molecule has 0 aliphatic rings. The number of hydrogen-bond acceptors (Lipinski definition) is 4. The molecular weight excluding hydrogens is 324 g/mol. The number of fused-ring (bicyclic) bond motifs is 1. The molecule has 0 aliphatic carbocycles. The largest absolute Gasteiger partial charge is 0.466 e. The number of furan rings is 1. The predicted molar refractivity (Wildman–Crippen MR) is 79.4 cm³/mol. The number of hydrogen-bond donors (Lipinski definition) is 1. The lowest BCUT2D eigenvalue weighted by atomic mass is 9.97. The fourth-order valence-corrected chi connectivity index (χ4v) is 2.36. The van der Waals surface area contributed by atoms with Gasteiger partial charge in [-0.05, 0) is 44.5 Å². The first-order chi connectivity index (χ1) is 9.42. The summed E-state index contributed by atoms with van der Waals surface area (Å²) in [6, 6.07) is 7.43. The molecule has 0 fully saturated rings. The van der Waals surface area contributed by atoms with Crippen LogP contribution in [-0.4, -0.2) is 17.7 Å². The standard InChI is InChI=1S/C15H17BrO4/c1-3-19-14(17)6-7-15(2,18)13-9-10-8-11(16)4-5-12(10)20-13/h4-5,8-9,18H,3,6-7H2,1-2H3. The molecular formula is C15H17BrO4. The lowest BCUT2D eigenvalue weighted by Crippen LogP contribution is -2.22. The molecule has 0 aliphatic heterocycles. The Morgan fingerprint density at radius 2 is 2.20 bits per heavy atom. The van der Waals surface area contributed by atoms with E-state index in [4.69, 9.17) is 9.15 Å². The minimum Gasteiger partial charge on any atom is -0.466 e. The van der Waals surface area contributed by atoms with E-state index in [1.807, 2.05) is 18.2 Å². The van der Waals surface area contributed by atoms with Crippen molar-refractivity contribution >= 4 is 32.9 Å². The molecule has 0 radical (unpaired) electrons. The van der Waals surface area contributed by atoms with Crippen LogP contribution in [0.2, 0.25) is 0 Å². The zero-order chi connectivity index (χ0) is 14.8. The molecule has 0 saturated carbocycles. The van der Waals surface area contributed by atoms with Crippen LogP contribution in [0.15, 0.2) is 33.2 Å². The number of aliphatic hydroxyl groups is 1. The minimum atomic E-state index is -1.20. The van der Waals surface area contributed by atoms with E-state index in [-0.39, 0.29) is 18.8 Å². The Morgan fingerprint density at radius 3 is 2.90 bits per heavy atom. The van der Waals surface area contributed by atoms with Gasteiger partial charge in [0.1, 0.15) is 16.9 Å². The van der Waals surface area contributed by atoms with E-state index in [2.05, 4.69) is 15.9 Å². The third-order valence-corrected chi connectivity index (χ3v) is 3.62. The number of halogens is 1. The highest BCUT2D eigenvalue weighted by Crippen LogP contribution is 2.32. The fourth-order valence-electron chi connectivity index (χ4n) is 1.98. The lowest BCUT2D eigenvalue weighted by Gasteiger charge is -2.19. The molecule has 2 aromatic rings. The Hall–Kier alpha value is -1.33. The highest BCUT2D eigenvalue weighted by atomic mass is 79.9. The van der Waals surface area contributed by atoms with E-state index in [0.717, 1.165) is 9.86 Å². The molecule has 108 valence electrons. The fraction of sp³-hybridized carbons (Fsp3) is 0.400. The lowest BCUT2D eigenvalue weighted by molar-refractivity contribution is -0.144. The molecule has 1 unspecified atom stereocenters. The maximum Gasteiger partial charge on any atom is 0.305 e. The van der Waals surface area contributed by atoms with Gasteiger partial charge in [-0.15, -0.1) is 0 Å². The number of carbonyl (C=O) groups is 1. The topological polar surface area (TPSA) is 59.7 Å². The molecule has 0 spiro atoms. The Bertz CT molecular complexity index is 615. The van der Waals surface area contributed by atoms with Crippen LogP contribution in [0, 0.1) is 0 Å². The minimum absolute atomic E-state index is 0.154.